The summed E-state index contributed by atoms with van der Waals surface area (Å²) in [5.41, 5.74) is 1.28. The molecule has 0 aromatic heterocycles. The summed E-state index contributed by atoms with van der Waals surface area (Å²) in [6.45, 7) is 5.49. The van der Waals surface area contributed by atoms with Gasteiger partial charge < -0.3 is 5.32 Å². The summed E-state index contributed by atoms with van der Waals surface area (Å²) in [5.74, 6) is 1.13. The molecule has 0 bridgehead atoms. The van der Waals surface area contributed by atoms with Crippen LogP contribution in [0.4, 0.5) is 5.69 Å². The summed E-state index contributed by atoms with van der Waals surface area (Å²) >= 11 is 1.90. The lowest BCUT2D eigenvalue weighted by Gasteiger charge is -2.10. The van der Waals surface area contributed by atoms with Crippen LogP contribution in [-0.2, 0) is 0 Å². The monoisotopic (exact) mass is 209 g/mol. The van der Waals surface area contributed by atoms with E-state index in [2.05, 4.69) is 43.4 Å². The van der Waals surface area contributed by atoms with E-state index in [0.717, 1.165) is 12.3 Å². The highest BCUT2D eigenvalue weighted by Crippen LogP contribution is 2.26. The molecule has 0 saturated heterocycles. The van der Waals surface area contributed by atoms with Crippen molar-refractivity contribution >= 4 is 17.4 Å². The molecule has 0 heterocycles. The predicted molar refractivity (Wildman–Crippen MR) is 66.2 cm³/mol. The minimum atomic E-state index is 1.08. The van der Waals surface area contributed by atoms with E-state index >= 15 is 0 Å². The van der Waals surface area contributed by atoms with Crippen molar-refractivity contribution in [2.75, 3.05) is 17.6 Å². The molecule has 1 nitrogen and oxygen atoms in total. The van der Waals surface area contributed by atoms with Gasteiger partial charge in [0.2, 0.25) is 0 Å². The molecule has 0 fully saturated rings. The van der Waals surface area contributed by atoms with E-state index in [4.69, 9.17) is 0 Å². The number of rotatable bonds is 6. The lowest BCUT2D eigenvalue weighted by atomic mass is 10.3. The standard InChI is InChI=1S/C12H19NS/c1-3-5-10-13-11-8-6-7-9-12(11)14-4-2/h6-9,13H,3-5,10H2,1-2H3. The highest BCUT2D eigenvalue weighted by Gasteiger charge is 1.99. The Morgan fingerprint density at radius 2 is 2.00 bits per heavy atom. The molecule has 78 valence electrons. The molecule has 0 unspecified atom stereocenters. The molecular formula is C12H19NS. The first kappa shape index (κ1) is 11.4. The zero-order valence-corrected chi connectivity index (χ0v) is 9.86. The smallest absolute Gasteiger partial charge is 0.0478 e. The van der Waals surface area contributed by atoms with E-state index in [1.165, 1.54) is 23.4 Å². The number of benzene rings is 1. The number of nitrogens with one attached hydrogen (secondary N) is 1. The summed E-state index contributed by atoms with van der Waals surface area (Å²) < 4.78 is 0. The van der Waals surface area contributed by atoms with Gasteiger partial charge in [-0.1, -0.05) is 32.4 Å². The van der Waals surface area contributed by atoms with Crippen molar-refractivity contribution in [1.82, 2.24) is 0 Å². The fourth-order valence-electron chi connectivity index (χ4n) is 1.29. The van der Waals surface area contributed by atoms with Crippen LogP contribution in [0.25, 0.3) is 0 Å². The quantitative estimate of drug-likeness (QED) is 0.561. The number of hydrogen-bond acceptors (Lipinski definition) is 2. The zero-order chi connectivity index (χ0) is 10.2. The van der Waals surface area contributed by atoms with Crippen LogP contribution >= 0.6 is 11.8 Å². The van der Waals surface area contributed by atoms with Gasteiger partial charge in [-0.15, -0.1) is 11.8 Å². The molecule has 1 aromatic carbocycles. The molecule has 14 heavy (non-hydrogen) atoms. The molecular weight excluding hydrogens is 190 g/mol. The third-order valence-corrected chi connectivity index (χ3v) is 2.99. The van der Waals surface area contributed by atoms with Crippen LogP contribution in [0, 0.1) is 0 Å². The van der Waals surface area contributed by atoms with Crippen LogP contribution in [0.1, 0.15) is 26.7 Å². The number of thioether (sulfide) groups is 1. The fourth-order valence-corrected chi connectivity index (χ4v) is 2.08. The van der Waals surface area contributed by atoms with E-state index in [-0.39, 0.29) is 0 Å². The molecule has 0 radical (unpaired) electrons. The Balaban J connectivity index is 2.55. The van der Waals surface area contributed by atoms with Crippen LogP contribution in [-0.4, -0.2) is 12.3 Å². The predicted octanol–water partition coefficient (Wildman–Crippen LogP) is 4.01. The van der Waals surface area contributed by atoms with Crippen LogP contribution in [0.15, 0.2) is 29.2 Å². The van der Waals surface area contributed by atoms with Gasteiger partial charge in [0.1, 0.15) is 0 Å². The van der Waals surface area contributed by atoms with Gasteiger partial charge in [0.15, 0.2) is 0 Å². The largest absolute Gasteiger partial charge is 0.384 e. The zero-order valence-electron chi connectivity index (χ0n) is 9.05. The second-order valence-corrected chi connectivity index (χ2v) is 4.52. The van der Waals surface area contributed by atoms with Crippen LogP contribution in [0.2, 0.25) is 0 Å². The van der Waals surface area contributed by atoms with Gasteiger partial charge in [0, 0.05) is 17.1 Å². The van der Waals surface area contributed by atoms with E-state index in [1.54, 1.807) is 0 Å². The van der Waals surface area contributed by atoms with Gasteiger partial charge in [0.25, 0.3) is 0 Å². The van der Waals surface area contributed by atoms with Gasteiger partial charge in [-0.25, -0.2) is 0 Å². The minimum absolute atomic E-state index is 1.08. The lowest BCUT2D eigenvalue weighted by Crippen LogP contribution is -2.01. The number of unbranched alkanes of at least 4 members (excludes halogenated alkanes) is 1. The van der Waals surface area contributed by atoms with Crippen LogP contribution in [0.5, 0.6) is 0 Å². The van der Waals surface area contributed by atoms with Crippen molar-refractivity contribution in [2.24, 2.45) is 0 Å². The molecule has 0 aliphatic rings. The minimum Gasteiger partial charge on any atom is -0.384 e. The molecule has 0 aliphatic heterocycles. The maximum absolute atomic E-state index is 3.48. The third kappa shape index (κ3) is 3.62. The molecule has 0 saturated carbocycles. The first-order valence-electron chi connectivity index (χ1n) is 5.34. The number of para-hydroxylation sites is 1. The van der Waals surface area contributed by atoms with Gasteiger partial charge in [-0.05, 0) is 24.3 Å². The summed E-state index contributed by atoms with van der Waals surface area (Å²) in [5, 5.41) is 3.48. The first-order valence-corrected chi connectivity index (χ1v) is 6.32. The average Bonchev–Trinajstić information content (AvgIpc) is 2.21. The maximum atomic E-state index is 3.48. The van der Waals surface area contributed by atoms with Crippen LogP contribution < -0.4 is 5.32 Å². The van der Waals surface area contributed by atoms with Gasteiger partial charge in [0.05, 0.1) is 0 Å². The molecule has 2 heteroatoms. The summed E-state index contributed by atoms with van der Waals surface area (Å²) in [6, 6.07) is 8.53. The summed E-state index contributed by atoms with van der Waals surface area (Å²) in [4.78, 5) is 1.37. The Kier molecular flexibility index (Phi) is 5.53. The van der Waals surface area contributed by atoms with Crippen molar-refractivity contribution in [2.45, 2.75) is 31.6 Å². The Morgan fingerprint density at radius 3 is 2.71 bits per heavy atom. The normalized spacial score (nSPS) is 10.1. The Morgan fingerprint density at radius 1 is 1.21 bits per heavy atom. The van der Waals surface area contributed by atoms with Crippen LogP contribution in [0.3, 0.4) is 0 Å². The molecule has 0 atom stereocenters. The van der Waals surface area contributed by atoms with Gasteiger partial charge >= 0.3 is 0 Å². The summed E-state index contributed by atoms with van der Waals surface area (Å²) in [7, 11) is 0. The Labute approximate surface area is 91.3 Å². The van der Waals surface area contributed by atoms with Crippen molar-refractivity contribution in [3.8, 4) is 0 Å². The molecule has 1 rings (SSSR count). The second-order valence-electron chi connectivity index (χ2n) is 3.21. The fraction of sp³-hybridized carbons (Fsp3) is 0.500. The van der Waals surface area contributed by atoms with Crippen molar-refractivity contribution in [3.63, 3.8) is 0 Å². The SMILES string of the molecule is CCCCNc1ccccc1SCC. The van der Waals surface area contributed by atoms with Crippen molar-refractivity contribution in [3.05, 3.63) is 24.3 Å². The summed E-state index contributed by atoms with van der Waals surface area (Å²) in [6.07, 6.45) is 2.49. The first-order chi connectivity index (χ1) is 6.88. The van der Waals surface area contributed by atoms with Crippen molar-refractivity contribution < 1.29 is 0 Å². The Bertz CT molecular complexity index is 260. The molecule has 0 spiro atoms. The molecule has 0 amide bonds. The maximum Gasteiger partial charge on any atom is 0.0478 e. The van der Waals surface area contributed by atoms with Crippen molar-refractivity contribution in [1.29, 1.82) is 0 Å². The average molecular weight is 209 g/mol. The highest BCUT2D eigenvalue weighted by atomic mass is 32.2. The highest BCUT2D eigenvalue weighted by molar-refractivity contribution is 7.99. The van der Waals surface area contributed by atoms with Gasteiger partial charge in [-0.2, -0.15) is 0 Å². The second kappa shape index (κ2) is 6.77. The lowest BCUT2D eigenvalue weighted by molar-refractivity contribution is 0.832. The molecule has 1 aromatic rings. The van der Waals surface area contributed by atoms with E-state index < -0.39 is 0 Å². The van der Waals surface area contributed by atoms with E-state index in [0.29, 0.717) is 0 Å². The molecule has 1 N–H and O–H groups in total. The van der Waals surface area contributed by atoms with E-state index in [1.807, 2.05) is 11.8 Å². The topological polar surface area (TPSA) is 12.0 Å². The number of hydrogen-bond donors (Lipinski definition) is 1. The van der Waals surface area contributed by atoms with E-state index in [9.17, 15) is 0 Å². The Hall–Kier alpha value is -0.630. The third-order valence-electron chi connectivity index (χ3n) is 2.03. The number of anilines is 1. The van der Waals surface area contributed by atoms with Gasteiger partial charge in [-0.3, -0.25) is 0 Å². The molecule has 0 aliphatic carbocycles.